The average Bonchev–Trinajstić information content (AvgIpc) is 2.89. The van der Waals surface area contributed by atoms with Crippen molar-refractivity contribution >= 4 is 11.6 Å². The molecule has 1 N–H and O–H groups in total. The topological polar surface area (TPSA) is 47.6 Å². The van der Waals surface area contributed by atoms with Gasteiger partial charge in [-0.25, -0.2) is 8.78 Å². The Labute approximate surface area is 138 Å². The molecule has 0 radical (unpaired) electrons. The summed E-state index contributed by atoms with van der Waals surface area (Å²) in [5, 5.41) is 2.57. The van der Waals surface area contributed by atoms with Crippen LogP contribution in [-0.4, -0.2) is 18.6 Å². The lowest BCUT2D eigenvalue weighted by atomic mass is 10.1. The molecule has 1 aliphatic heterocycles. The summed E-state index contributed by atoms with van der Waals surface area (Å²) in [7, 11) is 0. The molecule has 0 saturated heterocycles. The molecule has 0 aromatic heterocycles. The number of ether oxygens (including phenoxy) is 2. The molecule has 0 aliphatic carbocycles. The average molecular weight is 333 g/mol. The van der Waals surface area contributed by atoms with E-state index in [-0.39, 0.29) is 11.7 Å². The zero-order valence-corrected chi connectivity index (χ0v) is 13.4. The van der Waals surface area contributed by atoms with Crippen LogP contribution in [0.3, 0.4) is 0 Å². The number of hydrogen-bond acceptors (Lipinski definition) is 3. The van der Waals surface area contributed by atoms with Gasteiger partial charge in [0.15, 0.2) is 0 Å². The number of hydrogen-bond donors (Lipinski definition) is 1. The first-order valence-electron chi connectivity index (χ1n) is 7.70. The predicted molar refractivity (Wildman–Crippen MR) is 85.7 cm³/mol. The van der Waals surface area contributed by atoms with E-state index in [1.54, 1.807) is 12.1 Å². The van der Waals surface area contributed by atoms with Gasteiger partial charge in [-0.15, -0.1) is 0 Å². The fourth-order valence-corrected chi connectivity index (χ4v) is 2.67. The van der Waals surface area contributed by atoms with Crippen LogP contribution in [0.25, 0.3) is 0 Å². The fourth-order valence-electron chi connectivity index (χ4n) is 2.67. The van der Waals surface area contributed by atoms with Gasteiger partial charge in [-0.3, -0.25) is 4.79 Å². The first kappa shape index (κ1) is 16.2. The lowest BCUT2D eigenvalue weighted by Crippen LogP contribution is -2.15. The highest BCUT2D eigenvalue weighted by Crippen LogP contribution is 2.38. The lowest BCUT2D eigenvalue weighted by molar-refractivity contribution is 0.102. The normalized spacial score (nSPS) is 15.6. The summed E-state index contributed by atoms with van der Waals surface area (Å²) in [6.45, 7) is 4.18. The highest BCUT2D eigenvalue weighted by molar-refractivity contribution is 6.05. The van der Waals surface area contributed by atoms with Crippen LogP contribution in [-0.2, 0) is 6.42 Å². The van der Waals surface area contributed by atoms with Crippen molar-refractivity contribution in [2.24, 2.45) is 0 Å². The van der Waals surface area contributed by atoms with Gasteiger partial charge in [0.05, 0.1) is 17.9 Å². The molecule has 1 amide bonds. The van der Waals surface area contributed by atoms with Gasteiger partial charge in [-0.1, -0.05) is 0 Å². The largest absolute Gasteiger partial charge is 0.492 e. The van der Waals surface area contributed by atoms with E-state index in [0.29, 0.717) is 23.8 Å². The molecule has 2 aromatic rings. The minimum absolute atomic E-state index is 0.0427. The second kappa shape index (κ2) is 6.47. The number of benzene rings is 2. The summed E-state index contributed by atoms with van der Waals surface area (Å²) >= 11 is 0. The molecule has 126 valence electrons. The van der Waals surface area contributed by atoms with Gasteiger partial charge >= 0.3 is 0 Å². The number of halogens is 2. The van der Waals surface area contributed by atoms with Crippen LogP contribution in [0.4, 0.5) is 14.5 Å². The van der Waals surface area contributed by atoms with Crippen LogP contribution in [0.5, 0.6) is 11.5 Å². The van der Waals surface area contributed by atoms with Crippen molar-refractivity contribution in [3.63, 3.8) is 0 Å². The van der Waals surface area contributed by atoms with Gasteiger partial charge in [0, 0.05) is 18.1 Å². The molecule has 1 atom stereocenters. The summed E-state index contributed by atoms with van der Waals surface area (Å²) in [5.41, 5.74) is 0.978. The van der Waals surface area contributed by atoms with E-state index in [4.69, 9.17) is 9.47 Å². The van der Waals surface area contributed by atoms with E-state index in [9.17, 15) is 13.6 Å². The number of rotatable bonds is 4. The second-order valence-electron chi connectivity index (χ2n) is 5.60. The van der Waals surface area contributed by atoms with Crippen LogP contribution in [0.1, 0.15) is 29.8 Å². The Balaban J connectivity index is 1.92. The fraction of sp³-hybridized carbons (Fsp3) is 0.278. The van der Waals surface area contributed by atoms with Gasteiger partial charge in [0.25, 0.3) is 5.91 Å². The third-order valence-corrected chi connectivity index (χ3v) is 3.72. The molecule has 1 heterocycles. The van der Waals surface area contributed by atoms with Gasteiger partial charge in [-0.05, 0) is 38.1 Å². The standard InChI is InChI=1S/C18H17F2NO3/c1-3-23-17-7-11-6-10(2)24-16(11)9-15(17)21-18(22)13-8-12(19)4-5-14(13)20/h4-5,7-10H,3,6H2,1-2H3,(H,21,22). The molecule has 6 heteroatoms. The molecular formula is C18H17F2NO3. The van der Waals surface area contributed by atoms with Crippen molar-refractivity contribution < 1.29 is 23.0 Å². The molecule has 3 rings (SSSR count). The van der Waals surface area contributed by atoms with Crippen LogP contribution < -0.4 is 14.8 Å². The Kier molecular flexibility index (Phi) is 4.38. The van der Waals surface area contributed by atoms with E-state index in [1.807, 2.05) is 13.8 Å². The van der Waals surface area contributed by atoms with Gasteiger partial charge in [0.2, 0.25) is 0 Å². The van der Waals surface area contributed by atoms with Gasteiger partial charge < -0.3 is 14.8 Å². The molecule has 0 fully saturated rings. The molecule has 4 nitrogen and oxygen atoms in total. The molecular weight excluding hydrogens is 316 g/mol. The van der Waals surface area contributed by atoms with Crippen molar-refractivity contribution in [3.8, 4) is 11.5 Å². The van der Waals surface area contributed by atoms with Crippen molar-refractivity contribution in [1.29, 1.82) is 0 Å². The monoisotopic (exact) mass is 333 g/mol. The van der Waals surface area contributed by atoms with E-state index >= 15 is 0 Å². The van der Waals surface area contributed by atoms with Crippen LogP contribution in [0.15, 0.2) is 30.3 Å². The van der Waals surface area contributed by atoms with Gasteiger partial charge in [0.1, 0.15) is 29.2 Å². The highest BCUT2D eigenvalue weighted by atomic mass is 19.1. The maximum absolute atomic E-state index is 13.8. The summed E-state index contributed by atoms with van der Waals surface area (Å²) < 4.78 is 38.3. The van der Waals surface area contributed by atoms with Gasteiger partial charge in [-0.2, -0.15) is 0 Å². The minimum Gasteiger partial charge on any atom is -0.492 e. The SMILES string of the molecule is CCOc1cc2c(cc1NC(=O)c1cc(F)ccc1F)OC(C)C2. The van der Waals surface area contributed by atoms with E-state index < -0.39 is 17.5 Å². The van der Waals surface area contributed by atoms with Crippen molar-refractivity contribution in [2.75, 3.05) is 11.9 Å². The number of amides is 1. The quantitative estimate of drug-likeness (QED) is 0.922. The number of nitrogens with one attached hydrogen (secondary N) is 1. The third kappa shape index (κ3) is 3.18. The van der Waals surface area contributed by atoms with Crippen LogP contribution >= 0.6 is 0 Å². The molecule has 0 bridgehead atoms. The molecule has 1 aliphatic rings. The molecule has 2 aromatic carbocycles. The first-order valence-corrected chi connectivity index (χ1v) is 7.70. The van der Waals surface area contributed by atoms with Crippen LogP contribution in [0.2, 0.25) is 0 Å². The van der Waals surface area contributed by atoms with Crippen molar-refractivity contribution in [1.82, 2.24) is 0 Å². The Bertz CT molecular complexity index is 792. The smallest absolute Gasteiger partial charge is 0.258 e. The maximum atomic E-state index is 13.8. The lowest BCUT2D eigenvalue weighted by Gasteiger charge is -2.14. The Hall–Kier alpha value is -2.63. The molecule has 0 saturated carbocycles. The third-order valence-electron chi connectivity index (χ3n) is 3.72. The predicted octanol–water partition coefficient (Wildman–Crippen LogP) is 3.94. The zero-order valence-electron chi connectivity index (χ0n) is 13.4. The molecule has 24 heavy (non-hydrogen) atoms. The van der Waals surface area contributed by atoms with E-state index in [1.165, 1.54) is 0 Å². The summed E-state index contributed by atoms with van der Waals surface area (Å²) in [6.07, 6.45) is 0.795. The van der Waals surface area contributed by atoms with E-state index in [0.717, 1.165) is 30.2 Å². The minimum atomic E-state index is -0.794. The Morgan fingerprint density at radius 2 is 2.12 bits per heavy atom. The molecule has 0 spiro atoms. The summed E-state index contributed by atoms with van der Waals surface area (Å²) in [5.74, 6) is -1.10. The first-order chi connectivity index (χ1) is 11.5. The highest BCUT2D eigenvalue weighted by Gasteiger charge is 2.23. The Morgan fingerprint density at radius 3 is 2.88 bits per heavy atom. The summed E-state index contributed by atoms with van der Waals surface area (Å²) in [6, 6.07) is 6.19. The zero-order chi connectivity index (χ0) is 17.3. The summed E-state index contributed by atoms with van der Waals surface area (Å²) in [4.78, 5) is 12.3. The van der Waals surface area contributed by atoms with Crippen LogP contribution in [0, 0.1) is 11.6 Å². The number of carbonyl (C=O) groups excluding carboxylic acids is 1. The van der Waals surface area contributed by atoms with E-state index in [2.05, 4.69) is 5.32 Å². The number of anilines is 1. The maximum Gasteiger partial charge on any atom is 0.258 e. The van der Waals surface area contributed by atoms with Crippen molar-refractivity contribution in [3.05, 3.63) is 53.1 Å². The second-order valence-corrected chi connectivity index (χ2v) is 5.60. The number of carbonyl (C=O) groups is 1. The molecule has 1 unspecified atom stereocenters. The number of fused-ring (bicyclic) bond motifs is 1. The Morgan fingerprint density at radius 1 is 1.33 bits per heavy atom. The van der Waals surface area contributed by atoms with Crippen molar-refractivity contribution in [2.45, 2.75) is 26.4 Å².